The molecule has 0 saturated carbocycles. The van der Waals surface area contributed by atoms with Crippen molar-refractivity contribution in [3.63, 3.8) is 0 Å². The van der Waals surface area contributed by atoms with Crippen LogP contribution in [0.25, 0.3) is 0 Å². The zero-order chi connectivity index (χ0) is 6.20. The first-order valence-corrected chi connectivity index (χ1v) is 5.27. The molecule has 0 atom stereocenters. The summed E-state index contributed by atoms with van der Waals surface area (Å²) in [6.45, 7) is 2.15. The van der Waals surface area contributed by atoms with E-state index in [9.17, 15) is 0 Å². The second kappa shape index (κ2) is 1.66. The van der Waals surface area contributed by atoms with Crippen molar-refractivity contribution in [1.29, 1.82) is 0 Å². The summed E-state index contributed by atoms with van der Waals surface area (Å²) >= 11 is 0. The molecule has 1 heterocycles. The summed E-state index contributed by atoms with van der Waals surface area (Å²) < 4.78 is 0. The van der Waals surface area contributed by atoms with Crippen LogP contribution in [0.3, 0.4) is 0 Å². The van der Waals surface area contributed by atoms with E-state index in [-0.39, 0.29) is 0 Å². The highest BCUT2D eigenvalue weighted by atomic mass is 32.3. The van der Waals surface area contributed by atoms with Gasteiger partial charge in [0.25, 0.3) is 0 Å². The van der Waals surface area contributed by atoms with Crippen LogP contribution in [0, 0.1) is 0 Å². The first-order valence-electron chi connectivity index (χ1n) is 2.70. The van der Waals surface area contributed by atoms with Crippen molar-refractivity contribution >= 4 is 10.0 Å². The minimum Gasteiger partial charge on any atom is -0.207 e. The standard InChI is InChI=1S/C7H12S/c1-7-4-5-8(2,3)6-7/h4-6H,1-3H3. The molecular weight excluding hydrogens is 116 g/mol. The van der Waals surface area contributed by atoms with Gasteiger partial charge in [0.2, 0.25) is 0 Å². The SMILES string of the molecule is CC1=CS(C)(C)C=C1. The molecule has 8 heavy (non-hydrogen) atoms. The smallest absolute Gasteiger partial charge is 0.0278 e. The monoisotopic (exact) mass is 128 g/mol. The third-order valence-corrected chi connectivity index (χ3v) is 2.99. The van der Waals surface area contributed by atoms with Gasteiger partial charge in [0, 0.05) is 0 Å². The van der Waals surface area contributed by atoms with Crippen molar-refractivity contribution in [2.45, 2.75) is 6.92 Å². The van der Waals surface area contributed by atoms with Crippen molar-refractivity contribution in [1.82, 2.24) is 0 Å². The van der Waals surface area contributed by atoms with Crippen LogP contribution in [0.2, 0.25) is 0 Å². The van der Waals surface area contributed by atoms with Crippen LogP contribution in [-0.4, -0.2) is 12.5 Å². The summed E-state index contributed by atoms with van der Waals surface area (Å²) in [6, 6.07) is 0. The lowest BCUT2D eigenvalue weighted by molar-refractivity contribution is 1.58. The lowest BCUT2D eigenvalue weighted by atomic mass is 10.4. The first-order chi connectivity index (χ1) is 3.60. The molecule has 0 saturated heterocycles. The van der Waals surface area contributed by atoms with E-state index >= 15 is 0 Å². The molecule has 1 heteroatoms. The average Bonchev–Trinajstić information content (AvgIpc) is 1.82. The summed E-state index contributed by atoms with van der Waals surface area (Å²) in [7, 11) is -0.438. The summed E-state index contributed by atoms with van der Waals surface area (Å²) in [4.78, 5) is 0. The van der Waals surface area contributed by atoms with Crippen molar-refractivity contribution in [2.75, 3.05) is 12.5 Å². The van der Waals surface area contributed by atoms with Gasteiger partial charge in [0.15, 0.2) is 0 Å². The largest absolute Gasteiger partial charge is 0.207 e. The molecule has 0 aromatic heterocycles. The van der Waals surface area contributed by atoms with Gasteiger partial charge in [-0.15, -0.1) is 0 Å². The van der Waals surface area contributed by atoms with Crippen LogP contribution in [0.15, 0.2) is 22.5 Å². The highest BCUT2D eigenvalue weighted by Crippen LogP contribution is 2.48. The molecule has 0 nitrogen and oxygen atoms in total. The van der Waals surface area contributed by atoms with Gasteiger partial charge in [-0.05, 0) is 35.8 Å². The Hall–Kier alpha value is -0.170. The molecule has 1 aliphatic rings. The Kier molecular flexibility index (Phi) is 1.24. The van der Waals surface area contributed by atoms with E-state index in [4.69, 9.17) is 0 Å². The molecule has 0 bridgehead atoms. The average molecular weight is 128 g/mol. The number of allylic oxidation sites excluding steroid dienone is 2. The lowest BCUT2D eigenvalue weighted by Gasteiger charge is -2.17. The molecule has 0 unspecified atom stereocenters. The Bertz CT molecular complexity index is 152. The molecule has 0 aromatic rings. The third-order valence-electron chi connectivity index (χ3n) is 1.17. The van der Waals surface area contributed by atoms with Crippen LogP contribution >= 0.6 is 10.0 Å². The topological polar surface area (TPSA) is 0 Å². The van der Waals surface area contributed by atoms with Gasteiger partial charge in [-0.25, -0.2) is 10.0 Å². The summed E-state index contributed by atoms with van der Waals surface area (Å²) in [5.74, 6) is 0. The molecule has 0 spiro atoms. The van der Waals surface area contributed by atoms with E-state index in [1.807, 2.05) is 0 Å². The van der Waals surface area contributed by atoms with Gasteiger partial charge in [-0.1, -0.05) is 6.08 Å². The van der Waals surface area contributed by atoms with E-state index in [0.717, 1.165) is 0 Å². The minimum atomic E-state index is -0.438. The molecule has 0 amide bonds. The molecule has 46 valence electrons. The van der Waals surface area contributed by atoms with Crippen LogP contribution in [-0.2, 0) is 0 Å². The molecule has 0 N–H and O–H groups in total. The van der Waals surface area contributed by atoms with Crippen LogP contribution < -0.4 is 0 Å². The van der Waals surface area contributed by atoms with Gasteiger partial charge in [-0.2, -0.15) is 0 Å². The maximum atomic E-state index is 2.35. The van der Waals surface area contributed by atoms with E-state index in [2.05, 4.69) is 36.3 Å². The highest BCUT2D eigenvalue weighted by molar-refractivity contribution is 8.37. The van der Waals surface area contributed by atoms with Crippen LogP contribution in [0.1, 0.15) is 6.92 Å². The fraction of sp³-hybridized carbons (Fsp3) is 0.429. The summed E-state index contributed by atoms with van der Waals surface area (Å²) in [5.41, 5.74) is 1.42. The maximum Gasteiger partial charge on any atom is -0.0278 e. The predicted octanol–water partition coefficient (Wildman–Crippen LogP) is 2.48. The number of hydrogen-bond acceptors (Lipinski definition) is 0. The van der Waals surface area contributed by atoms with E-state index in [1.54, 1.807) is 0 Å². The van der Waals surface area contributed by atoms with Crippen LogP contribution in [0.5, 0.6) is 0 Å². The van der Waals surface area contributed by atoms with Crippen molar-refractivity contribution in [3.8, 4) is 0 Å². The normalized spacial score (nSPS) is 27.6. The van der Waals surface area contributed by atoms with E-state index in [0.29, 0.717) is 0 Å². The molecular formula is C7H12S. The van der Waals surface area contributed by atoms with E-state index in [1.165, 1.54) is 5.57 Å². The van der Waals surface area contributed by atoms with Crippen molar-refractivity contribution in [3.05, 3.63) is 22.5 Å². The maximum absolute atomic E-state index is 2.35. The minimum absolute atomic E-state index is 0.438. The molecule has 0 radical (unpaired) electrons. The number of hydrogen-bond donors (Lipinski definition) is 0. The quantitative estimate of drug-likeness (QED) is 0.470. The zero-order valence-corrected chi connectivity index (χ0v) is 6.46. The van der Waals surface area contributed by atoms with Gasteiger partial charge >= 0.3 is 0 Å². The second-order valence-corrected chi connectivity index (χ2v) is 6.13. The second-order valence-electron chi connectivity index (χ2n) is 2.65. The van der Waals surface area contributed by atoms with Gasteiger partial charge in [-0.3, -0.25) is 0 Å². The van der Waals surface area contributed by atoms with Gasteiger partial charge in [0.05, 0.1) is 0 Å². The zero-order valence-electron chi connectivity index (χ0n) is 5.64. The summed E-state index contributed by atoms with van der Waals surface area (Å²) in [5, 5.41) is 4.66. The molecule has 1 rings (SSSR count). The first kappa shape index (κ1) is 5.96. The Morgan fingerprint density at radius 2 is 2.00 bits per heavy atom. The Labute approximate surface area is 52.6 Å². The Balaban J connectivity index is 2.84. The van der Waals surface area contributed by atoms with Crippen molar-refractivity contribution in [2.24, 2.45) is 0 Å². The number of rotatable bonds is 0. The van der Waals surface area contributed by atoms with Gasteiger partial charge in [0.1, 0.15) is 0 Å². The van der Waals surface area contributed by atoms with Crippen molar-refractivity contribution < 1.29 is 0 Å². The molecule has 0 fully saturated rings. The Morgan fingerprint density at radius 3 is 2.12 bits per heavy atom. The summed E-state index contributed by atoms with van der Waals surface area (Å²) in [6.07, 6.45) is 6.79. The molecule has 0 aliphatic carbocycles. The highest BCUT2D eigenvalue weighted by Gasteiger charge is 2.07. The van der Waals surface area contributed by atoms with E-state index < -0.39 is 10.0 Å². The van der Waals surface area contributed by atoms with Gasteiger partial charge < -0.3 is 0 Å². The Morgan fingerprint density at radius 1 is 1.38 bits per heavy atom. The predicted molar refractivity (Wildman–Crippen MR) is 42.3 cm³/mol. The fourth-order valence-electron chi connectivity index (χ4n) is 0.840. The van der Waals surface area contributed by atoms with Crippen LogP contribution in [0.4, 0.5) is 0 Å². The molecule has 1 aliphatic heterocycles. The molecule has 0 aromatic carbocycles. The third kappa shape index (κ3) is 1.16. The lowest BCUT2D eigenvalue weighted by Crippen LogP contribution is -1.78. The fourth-order valence-corrected chi connectivity index (χ4v) is 2.52.